The van der Waals surface area contributed by atoms with E-state index in [1.54, 1.807) is 13.8 Å². The number of β-lactam (4-membered cyclic amide) rings is 1. The highest BCUT2D eigenvalue weighted by molar-refractivity contribution is 8.03. The minimum absolute atomic E-state index is 0.0182. The molecule has 2 amide bonds. The van der Waals surface area contributed by atoms with Crippen LogP contribution in [-0.2, 0) is 14.4 Å². The molecule has 0 bridgehead atoms. The van der Waals surface area contributed by atoms with Gasteiger partial charge >= 0.3 is 5.97 Å². The second-order valence-electron chi connectivity index (χ2n) is 10.1. The molecule has 34 heavy (non-hydrogen) atoms. The highest BCUT2D eigenvalue weighted by Gasteiger charge is 2.60. The molecule has 7 atom stereocenters. The molecule has 3 saturated heterocycles. The summed E-state index contributed by atoms with van der Waals surface area (Å²) in [5.74, 6) is -1.60. The number of amidine groups is 1. The lowest BCUT2D eigenvalue weighted by Gasteiger charge is -2.46. The molecule has 3 N–H and O–H groups in total. The van der Waals surface area contributed by atoms with Gasteiger partial charge in [0.15, 0.2) is 0 Å². The number of carbonyl (C=O) groups is 3. The first-order chi connectivity index (χ1) is 15.9. The minimum atomic E-state index is -1.12. The lowest BCUT2D eigenvalue weighted by atomic mass is 9.79. The van der Waals surface area contributed by atoms with Crippen molar-refractivity contribution in [3.63, 3.8) is 0 Å². The molecule has 0 unspecified atom stereocenters. The number of rotatable bonds is 5. The van der Waals surface area contributed by atoms with Crippen molar-refractivity contribution in [2.75, 3.05) is 33.2 Å². The zero-order chi connectivity index (χ0) is 25.1. The van der Waals surface area contributed by atoms with Crippen LogP contribution in [0, 0.1) is 17.2 Å². The van der Waals surface area contributed by atoms with Crippen LogP contribution < -0.4 is 0 Å². The predicted molar refractivity (Wildman–Crippen MR) is 128 cm³/mol. The van der Waals surface area contributed by atoms with Crippen LogP contribution in [0.25, 0.3) is 0 Å². The van der Waals surface area contributed by atoms with E-state index in [0.717, 1.165) is 0 Å². The van der Waals surface area contributed by atoms with E-state index in [9.17, 15) is 24.6 Å². The molecule has 10 nitrogen and oxygen atoms in total. The van der Waals surface area contributed by atoms with Crippen molar-refractivity contribution in [1.82, 2.24) is 19.6 Å². The van der Waals surface area contributed by atoms with Crippen LogP contribution in [0.1, 0.15) is 34.1 Å². The van der Waals surface area contributed by atoms with E-state index in [1.165, 1.54) is 16.7 Å². The van der Waals surface area contributed by atoms with Crippen LogP contribution in [-0.4, -0.2) is 116 Å². The Balaban J connectivity index is 1.46. The van der Waals surface area contributed by atoms with Crippen molar-refractivity contribution in [3.05, 3.63) is 10.6 Å². The minimum Gasteiger partial charge on any atom is -0.477 e. The Kier molecular flexibility index (Phi) is 6.73. The van der Waals surface area contributed by atoms with Gasteiger partial charge in [-0.25, -0.2) is 4.79 Å². The molecule has 4 rings (SSSR count). The number of thioether (sulfide) groups is 1. The number of carboxylic acids is 1. The van der Waals surface area contributed by atoms with Gasteiger partial charge in [0.25, 0.3) is 0 Å². The quantitative estimate of drug-likeness (QED) is 0.287. The fourth-order valence-corrected chi connectivity index (χ4v) is 7.56. The van der Waals surface area contributed by atoms with E-state index in [1.807, 2.05) is 35.6 Å². The maximum Gasteiger partial charge on any atom is 0.353 e. The Bertz CT molecular complexity index is 939. The van der Waals surface area contributed by atoms with Gasteiger partial charge in [-0.2, -0.15) is 0 Å². The third kappa shape index (κ3) is 4.01. The van der Waals surface area contributed by atoms with Crippen molar-refractivity contribution in [2.45, 2.75) is 63.6 Å². The van der Waals surface area contributed by atoms with Gasteiger partial charge in [0.1, 0.15) is 5.70 Å². The van der Waals surface area contributed by atoms with Gasteiger partial charge in [-0.1, -0.05) is 6.92 Å². The summed E-state index contributed by atoms with van der Waals surface area (Å²) >= 11 is 1.47. The second kappa shape index (κ2) is 9.16. The molecule has 4 heterocycles. The van der Waals surface area contributed by atoms with Crippen molar-refractivity contribution in [2.24, 2.45) is 11.8 Å². The van der Waals surface area contributed by atoms with Crippen LogP contribution in [0.15, 0.2) is 10.6 Å². The van der Waals surface area contributed by atoms with E-state index in [0.29, 0.717) is 43.3 Å². The first-order valence-corrected chi connectivity index (χ1v) is 12.8. The van der Waals surface area contributed by atoms with Crippen molar-refractivity contribution >= 4 is 35.4 Å². The van der Waals surface area contributed by atoms with E-state index >= 15 is 0 Å². The lowest BCUT2D eigenvalue weighted by Crippen LogP contribution is -2.63. The largest absolute Gasteiger partial charge is 0.477 e. The van der Waals surface area contributed by atoms with Crippen LogP contribution in [0.2, 0.25) is 0 Å². The Hall–Kier alpha value is -2.11. The number of fused-ring (bicyclic) bond motifs is 1. The van der Waals surface area contributed by atoms with E-state index in [4.69, 9.17) is 5.41 Å². The van der Waals surface area contributed by atoms with Crippen LogP contribution in [0.3, 0.4) is 0 Å². The van der Waals surface area contributed by atoms with Gasteiger partial charge < -0.3 is 24.9 Å². The molecule has 0 aliphatic carbocycles. The molecule has 0 spiro atoms. The van der Waals surface area contributed by atoms with Gasteiger partial charge in [-0.15, -0.1) is 11.8 Å². The topological polar surface area (TPSA) is 128 Å². The summed E-state index contributed by atoms with van der Waals surface area (Å²) < 4.78 is 0. The van der Waals surface area contributed by atoms with E-state index in [-0.39, 0.29) is 46.8 Å². The number of likely N-dealkylation sites (N-methyl/N-ethyl adjacent to an activating group) is 1. The summed E-state index contributed by atoms with van der Waals surface area (Å²) in [5.41, 5.74) is 0.0357. The molecule has 4 aliphatic heterocycles. The summed E-state index contributed by atoms with van der Waals surface area (Å²) in [7, 11) is 1.93. The van der Waals surface area contributed by atoms with Crippen molar-refractivity contribution in [1.29, 1.82) is 5.41 Å². The first kappa shape index (κ1) is 25.0. The molecule has 11 heteroatoms. The Morgan fingerprint density at radius 2 is 1.88 bits per heavy atom. The number of likely N-dealkylation sites (tertiary alicyclic amines) is 1. The molecule has 0 aromatic rings. The number of hydrogen-bond donors (Lipinski definition) is 3. The number of piperazine rings is 1. The molecular formula is C23H35N5O5S. The summed E-state index contributed by atoms with van der Waals surface area (Å²) in [6.07, 6.45) is -0.216. The van der Waals surface area contributed by atoms with Crippen LogP contribution in [0.5, 0.6) is 0 Å². The highest BCUT2D eigenvalue weighted by Crippen LogP contribution is 2.52. The Morgan fingerprint density at radius 1 is 1.21 bits per heavy atom. The fourth-order valence-electron chi connectivity index (χ4n) is 5.97. The van der Waals surface area contributed by atoms with Crippen LogP contribution >= 0.6 is 11.8 Å². The Morgan fingerprint density at radius 3 is 2.44 bits per heavy atom. The number of carboxylic acid groups (broad SMARTS) is 1. The second-order valence-corrected chi connectivity index (χ2v) is 11.5. The third-order valence-electron chi connectivity index (χ3n) is 7.78. The number of aliphatic hydroxyl groups excluding tert-OH is 1. The summed E-state index contributed by atoms with van der Waals surface area (Å²) in [6.45, 7) is 9.81. The third-order valence-corrected chi connectivity index (χ3v) is 9.28. The molecular weight excluding hydrogens is 458 g/mol. The van der Waals surface area contributed by atoms with Crippen molar-refractivity contribution < 1.29 is 24.6 Å². The number of carbonyl (C=O) groups excluding carboxylic acids is 2. The molecule has 0 radical (unpaired) electrons. The monoisotopic (exact) mass is 493 g/mol. The van der Waals surface area contributed by atoms with E-state index in [2.05, 4.69) is 0 Å². The number of hydrogen-bond acceptors (Lipinski definition) is 7. The maximum absolute atomic E-state index is 13.4. The number of aliphatic hydroxyl groups is 1. The number of amides is 2. The highest BCUT2D eigenvalue weighted by atomic mass is 32.2. The van der Waals surface area contributed by atoms with Gasteiger partial charge in [-0.05, 0) is 34.2 Å². The fraction of sp³-hybridized carbons (Fsp3) is 0.739. The van der Waals surface area contributed by atoms with E-state index < -0.39 is 18.0 Å². The zero-order valence-corrected chi connectivity index (χ0v) is 21.2. The van der Waals surface area contributed by atoms with Gasteiger partial charge in [0.05, 0.1) is 29.9 Å². The number of nitrogens with zero attached hydrogens (tertiary/aromatic N) is 4. The average Bonchev–Trinajstić information content (AvgIpc) is 3.23. The normalized spacial score (nSPS) is 34.9. The predicted octanol–water partition coefficient (Wildman–Crippen LogP) is 0.476. The standard InChI is InChI=1S/C23H35N5O5S/c1-11-9-26(14(4)24)6-7-27(11)21(30)16-8-15(10-25(16)5)34-20-12(2)18-17(13(3)29)22(31)28(18)19(20)23(32)33/h11-13,15-18,24,29H,6-10H2,1-5H3,(H,32,33)/t11-,12+,13+,15-,16-,17+,18+/m0/s1. The SMILES string of the molecule is CC(=N)N1CCN(C(=O)[C@@H]2C[C@H](SC3=C(C(=O)O)N4C(=O)[C@H]([C@@H](C)O)[C@H]4[C@H]3C)CN2C)[C@@H](C)C1. The summed E-state index contributed by atoms with van der Waals surface area (Å²) in [4.78, 5) is 46.0. The molecule has 188 valence electrons. The average molecular weight is 494 g/mol. The molecule has 3 fully saturated rings. The zero-order valence-electron chi connectivity index (χ0n) is 20.4. The Labute approximate surface area is 204 Å². The van der Waals surface area contributed by atoms with Crippen LogP contribution in [0.4, 0.5) is 0 Å². The number of aliphatic carboxylic acids is 1. The van der Waals surface area contributed by atoms with Gasteiger partial charge in [0.2, 0.25) is 11.8 Å². The van der Waals surface area contributed by atoms with Crippen molar-refractivity contribution in [3.8, 4) is 0 Å². The lowest BCUT2D eigenvalue weighted by molar-refractivity contribution is -0.163. The first-order valence-electron chi connectivity index (χ1n) is 11.9. The number of nitrogens with one attached hydrogen (secondary N) is 1. The van der Waals surface area contributed by atoms with Gasteiger partial charge in [0, 0.05) is 48.3 Å². The molecule has 0 aromatic carbocycles. The summed E-state index contributed by atoms with van der Waals surface area (Å²) in [5, 5.41) is 27.8. The molecule has 4 aliphatic rings. The molecule has 0 aromatic heterocycles. The molecule has 0 saturated carbocycles. The smallest absolute Gasteiger partial charge is 0.353 e. The maximum atomic E-state index is 13.4. The van der Waals surface area contributed by atoms with Gasteiger partial charge in [-0.3, -0.25) is 19.9 Å². The summed E-state index contributed by atoms with van der Waals surface area (Å²) in [6, 6.07) is -0.584.